The van der Waals surface area contributed by atoms with Gasteiger partial charge in [-0.25, -0.2) is 0 Å². The molecule has 0 aliphatic carbocycles. The van der Waals surface area contributed by atoms with Crippen LogP contribution in [0, 0.1) is 0 Å². The Labute approximate surface area is 78.1 Å². The van der Waals surface area contributed by atoms with Crippen molar-refractivity contribution in [2.45, 2.75) is 0 Å². The maximum absolute atomic E-state index is 7.36. The average Bonchev–Trinajstić information content (AvgIpc) is 2.20. The van der Waals surface area contributed by atoms with Gasteiger partial charge in [0.1, 0.15) is 0 Å². The molecule has 0 atom stereocenters. The summed E-state index contributed by atoms with van der Waals surface area (Å²) >= 11 is 0. The highest BCUT2D eigenvalue weighted by molar-refractivity contribution is 5.54. The van der Waals surface area contributed by atoms with E-state index in [1.807, 2.05) is 24.3 Å². The van der Waals surface area contributed by atoms with Crippen molar-refractivity contribution in [3.63, 3.8) is 0 Å². The summed E-state index contributed by atoms with van der Waals surface area (Å²) in [6.07, 6.45) is 0. The van der Waals surface area contributed by atoms with E-state index < -0.39 is 0 Å². The third-order valence-corrected chi connectivity index (χ3v) is 2.24. The number of benzene rings is 1. The van der Waals surface area contributed by atoms with Gasteiger partial charge >= 0.3 is 0 Å². The molecule has 0 bridgehead atoms. The number of rotatable bonds is 1. The Balaban J connectivity index is 2.10. The Hall–Kier alpha value is -1.22. The number of anilines is 1. The maximum Gasteiger partial charge on any atom is 0.0642 e. The lowest BCUT2D eigenvalue weighted by atomic mass is 10.2. The summed E-state index contributed by atoms with van der Waals surface area (Å²) in [6.45, 7) is 3.53. The lowest BCUT2D eigenvalue weighted by Crippen LogP contribution is -2.36. The molecule has 13 heavy (non-hydrogen) atoms. The van der Waals surface area contributed by atoms with Crippen molar-refractivity contribution in [1.29, 1.82) is 0 Å². The summed E-state index contributed by atoms with van der Waals surface area (Å²) < 4.78 is 5.27. The highest BCUT2D eigenvalue weighted by Gasteiger charge is 2.09. The fraction of sp³-hybridized carbons (Fsp3) is 0.400. The molecule has 70 valence electrons. The number of ether oxygens (including phenoxy) is 1. The minimum atomic E-state index is 0.567. The summed E-state index contributed by atoms with van der Waals surface area (Å²) in [5.41, 5.74) is 9.12. The van der Waals surface area contributed by atoms with Crippen LogP contribution in [0.25, 0.3) is 5.73 Å². The molecule has 0 unspecified atom stereocenters. The second-order valence-corrected chi connectivity index (χ2v) is 3.15. The van der Waals surface area contributed by atoms with E-state index in [4.69, 9.17) is 10.5 Å². The minimum Gasteiger partial charge on any atom is -0.699 e. The van der Waals surface area contributed by atoms with Gasteiger partial charge in [-0.2, -0.15) is 0 Å². The van der Waals surface area contributed by atoms with E-state index in [0.717, 1.165) is 26.3 Å². The smallest absolute Gasteiger partial charge is 0.0642 e. The second kappa shape index (κ2) is 3.66. The van der Waals surface area contributed by atoms with Crippen molar-refractivity contribution in [3.8, 4) is 0 Å². The van der Waals surface area contributed by atoms with E-state index in [0.29, 0.717) is 5.69 Å². The third-order valence-electron chi connectivity index (χ3n) is 2.24. The molecule has 0 amide bonds. The van der Waals surface area contributed by atoms with Gasteiger partial charge in [-0.1, -0.05) is 12.1 Å². The zero-order valence-corrected chi connectivity index (χ0v) is 7.49. The van der Waals surface area contributed by atoms with Crippen LogP contribution >= 0.6 is 0 Å². The molecule has 0 spiro atoms. The molecule has 3 heteroatoms. The molecular weight excluding hydrogens is 164 g/mol. The van der Waals surface area contributed by atoms with E-state index in [1.54, 1.807) is 0 Å². The van der Waals surface area contributed by atoms with Gasteiger partial charge in [0.2, 0.25) is 0 Å². The first-order valence-electron chi connectivity index (χ1n) is 4.50. The van der Waals surface area contributed by atoms with E-state index >= 15 is 0 Å². The van der Waals surface area contributed by atoms with Crippen LogP contribution < -0.4 is 4.90 Å². The minimum absolute atomic E-state index is 0.567. The molecule has 1 N–H and O–H groups in total. The number of nitrogens with zero attached hydrogens (tertiary/aromatic N) is 1. The van der Waals surface area contributed by atoms with Crippen molar-refractivity contribution < 1.29 is 4.74 Å². The van der Waals surface area contributed by atoms with E-state index in [1.165, 1.54) is 5.69 Å². The van der Waals surface area contributed by atoms with Gasteiger partial charge in [-0.15, -0.1) is 5.69 Å². The molecule has 3 nitrogen and oxygen atoms in total. The van der Waals surface area contributed by atoms with Gasteiger partial charge in [0, 0.05) is 18.8 Å². The van der Waals surface area contributed by atoms with Crippen LogP contribution in [0.5, 0.6) is 0 Å². The summed E-state index contributed by atoms with van der Waals surface area (Å²) in [4.78, 5) is 2.28. The molecule has 1 fully saturated rings. The molecule has 1 aromatic carbocycles. The molecule has 1 aliphatic heterocycles. The van der Waals surface area contributed by atoms with Gasteiger partial charge < -0.3 is 15.4 Å². The van der Waals surface area contributed by atoms with Crippen molar-refractivity contribution in [2.75, 3.05) is 31.2 Å². The molecular formula is C10H13N2O-. The van der Waals surface area contributed by atoms with Crippen LogP contribution in [0.1, 0.15) is 0 Å². The molecule has 2 rings (SSSR count). The molecule has 1 heterocycles. The van der Waals surface area contributed by atoms with E-state index in [-0.39, 0.29) is 0 Å². The molecule has 1 saturated heterocycles. The first-order chi connectivity index (χ1) is 6.36. The maximum atomic E-state index is 7.36. The fourth-order valence-electron chi connectivity index (χ4n) is 1.49. The van der Waals surface area contributed by atoms with Gasteiger partial charge in [0.25, 0.3) is 0 Å². The number of morpholine rings is 1. The Morgan fingerprint density at radius 3 is 2.31 bits per heavy atom. The fourth-order valence-corrected chi connectivity index (χ4v) is 1.49. The first kappa shape index (κ1) is 8.38. The Morgan fingerprint density at radius 2 is 1.69 bits per heavy atom. The Kier molecular flexibility index (Phi) is 2.36. The summed E-state index contributed by atoms with van der Waals surface area (Å²) in [5, 5.41) is 0. The lowest BCUT2D eigenvalue weighted by Gasteiger charge is -2.29. The molecule has 0 radical (unpaired) electrons. The van der Waals surface area contributed by atoms with Crippen molar-refractivity contribution in [1.82, 2.24) is 0 Å². The predicted molar refractivity (Wildman–Crippen MR) is 53.5 cm³/mol. The Bertz CT molecular complexity index is 265. The van der Waals surface area contributed by atoms with Crippen LogP contribution in [0.2, 0.25) is 0 Å². The zero-order valence-electron chi connectivity index (χ0n) is 7.49. The number of hydrogen-bond donors (Lipinski definition) is 0. The zero-order chi connectivity index (χ0) is 9.10. The van der Waals surface area contributed by atoms with Crippen LogP contribution in [-0.4, -0.2) is 26.3 Å². The number of nitrogens with one attached hydrogen (secondary N) is 1. The SMILES string of the molecule is [NH-]c1ccc(N2CCOCC2)cc1. The van der Waals surface area contributed by atoms with Crippen LogP contribution in [0.15, 0.2) is 24.3 Å². The molecule has 1 aromatic rings. The van der Waals surface area contributed by atoms with Crippen molar-refractivity contribution in [3.05, 3.63) is 30.0 Å². The second-order valence-electron chi connectivity index (χ2n) is 3.15. The average molecular weight is 177 g/mol. The van der Waals surface area contributed by atoms with Gasteiger partial charge in [0.15, 0.2) is 0 Å². The number of hydrogen-bond acceptors (Lipinski definition) is 2. The first-order valence-corrected chi connectivity index (χ1v) is 4.50. The van der Waals surface area contributed by atoms with E-state index in [2.05, 4.69) is 4.90 Å². The Morgan fingerprint density at radius 1 is 1.08 bits per heavy atom. The predicted octanol–water partition coefficient (Wildman–Crippen LogP) is 2.21. The topological polar surface area (TPSA) is 36.3 Å². The molecule has 1 aliphatic rings. The van der Waals surface area contributed by atoms with Gasteiger partial charge in [-0.3, -0.25) is 0 Å². The monoisotopic (exact) mass is 177 g/mol. The third kappa shape index (κ3) is 1.92. The van der Waals surface area contributed by atoms with Gasteiger partial charge in [0.05, 0.1) is 13.2 Å². The van der Waals surface area contributed by atoms with Crippen molar-refractivity contribution in [2.24, 2.45) is 0 Å². The van der Waals surface area contributed by atoms with Crippen LogP contribution in [-0.2, 0) is 4.74 Å². The molecule has 0 saturated carbocycles. The highest BCUT2D eigenvalue weighted by atomic mass is 16.5. The van der Waals surface area contributed by atoms with Crippen LogP contribution in [0.4, 0.5) is 11.4 Å². The summed E-state index contributed by atoms with van der Waals surface area (Å²) in [6, 6.07) is 7.64. The molecule has 0 aromatic heterocycles. The summed E-state index contributed by atoms with van der Waals surface area (Å²) in [5.74, 6) is 0. The summed E-state index contributed by atoms with van der Waals surface area (Å²) in [7, 11) is 0. The standard InChI is InChI=1S/C10H13N2O/c11-9-1-3-10(4-2-9)12-5-7-13-8-6-12/h1-4,11H,5-8H2/q-1. The quantitative estimate of drug-likeness (QED) is 0.659. The largest absolute Gasteiger partial charge is 0.699 e. The van der Waals surface area contributed by atoms with Gasteiger partial charge in [-0.05, 0) is 12.1 Å². The highest BCUT2D eigenvalue weighted by Crippen LogP contribution is 2.19. The normalized spacial score (nSPS) is 17.4. The lowest BCUT2D eigenvalue weighted by molar-refractivity contribution is 0.122. The van der Waals surface area contributed by atoms with E-state index in [9.17, 15) is 0 Å². The van der Waals surface area contributed by atoms with Crippen LogP contribution in [0.3, 0.4) is 0 Å². The van der Waals surface area contributed by atoms with Crippen molar-refractivity contribution >= 4 is 11.4 Å².